The minimum atomic E-state index is -0.196. The summed E-state index contributed by atoms with van der Waals surface area (Å²) in [5.41, 5.74) is 6.35. The van der Waals surface area contributed by atoms with Crippen molar-refractivity contribution in [1.82, 2.24) is 4.98 Å². The lowest BCUT2D eigenvalue weighted by Gasteiger charge is -2.26. The fourth-order valence-electron chi connectivity index (χ4n) is 1.19. The lowest BCUT2D eigenvalue weighted by atomic mass is 9.85. The van der Waals surface area contributed by atoms with Crippen LogP contribution < -0.4 is 11.1 Å². The molecule has 1 unspecified atom stereocenters. The van der Waals surface area contributed by atoms with Crippen LogP contribution in [0.15, 0.2) is 18.3 Å². The lowest BCUT2D eigenvalue weighted by molar-refractivity contribution is -0.117. The number of anilines is 1. The molecular weight excluding hydrogens is 238 g/mol. The van der Waals surface area contributed by atoms with Crippen LogP contribution in [0.4, 0.5) is 5.69 Å². The highest BCUT2D eigenvalue weighted by atomic mass is 35.5. The average Bonchev–Trinajstić information content (AvgIpc) is 2.20. The Kier molecular flexibility index (Phi) is 4.48. The Hall–Kier alpha value is -1.13. The van der Waals surface area contributed by atoms with Gasteiger partial charge < -0.3 is 11.1 Å². The largest absolute Gasteiger partial charge is 0.327 e. The molecular formula is C12H18ClN3O. The summed E-state index contributed by atoms with van der Waals surface area (Å²) in [5, 5.41) is 2.98. The topological polar surface area (TPSA) is 68.0 Å². The molecule has 0 bridgehead atoms. The van der Waals surface area contributed by atoms with Crippen LogP contribution in [-0.2, 0) is 4.79 Å². The first-order chi connectivity index (χ1) is 7.80. The lowest BCUT2D eigenvalue weighted by Crippen LogP contribution is -2.38. The molecule has 0 saturated carbocycles. The molecule has 1 rings (SSSR count). The zero-order valence-electron chi connectivity index (χ0n) is 10.3. The van der Waals surface area contributed by atoms with Gasteiger partial charge in [-0.1, -0.05) is 32.4 Å². The van der Waals surface area contributed by atoms with Crippen molar-refractivity contribution in [1.29, 1.82) is 0 Å². The Morgan fingerprint density at radius 2 is 2.24 bits per heavy atom. The zero-order chi connectivity index (χ0) is 13.1. The molecule has 0 saturated heterocycles. The summed E-state index contributed by atoms with van der Waals surface area (Å²) in [4.78, 5) is 15.6. The normalized spacial score (nSPS) is 13.2. The van der Waals surface area contributed by atoms with Gasteiger partial charge in [-0.2, -0.15) is 0 Å². The number of nitrogens with zero attached hydrogens (tertiary/aromatic N) is 1. The van der Waals surface area contributed by atoms with Crippen molar-refractivity contribution in [3.8, 4) is 0 Å². The van der Waals surface area contributed by atoms with E-state index in [4.69, 9.17) is 17.3 Å². The average molecular weight is 256 g/mol. The first-order valence-corrected chi connectivity index (χ1v) is 5.84. The number of hydrogen-bond donors (Lipinski definition) is 2. The minimum absolute atomic E-state index is 0.101. The molecule has 0 radical (unpaired) electrons. The third kappa shape index (κ3) is 4.32. The molecule has 0 spiro atoms. The van der Waals surface area contributed by atoms with Gasteiger partial charge in [-0.05, 0) is 17.5 Å². The number of aromatic nitrogens is 1. The minimum Gasteiger partial charge on any atom is -0.327 e. The number of amides is 1. The highest BCUT2D eigenvalue weighted by Crippen LogP contribution is 2.21. The highest BCUT2D eigenvalue weighted by molar-refractivity contribution is 6.32. The van der Waals surface area contributed by atoms with Crippen LogP contribution in [0, 0.1) is 5.41 Å². The van der Waals surface area contributed by atoms with E-state index in [9.17, 15) is 4.79 Å². The Morgan fingerprint density at radius 3 is 2.76 bits per heavy atom. The fraction of sp³-hybridized carbons (Fsp3) is 0.500. The van der Waals surface area contributed by atoms with Gasteiger partial charge in [0.05, 0.1) is 5.69 Å². The molecule has 0 aliphatic rings. The highest BCUT2D eigenvalue weighted by Gasteiger charge is 2.23. The van der Waals surface area contributed by atoms with Gasteiger partial charge in [0.1, 0.15) is 0 Å². The molecule has 94 valence electrons. The van der Waals surface area contributed by atoms with Crippen LogP contribution in [0.2, 0.25) is 5.15 Å². The van der Waals surface area contributed by atoms with E-state index in [1.54, 1.807) is 18.3 Å². The van der Waals surface area contributed by atoms with Crippen LogP contribution in [0.25, 0.3) is 0 Å². The number of rotatable bonds is 3. The molecule has 0 fully saturated rings. The predicted octanol–water partition coefficient (Wildman–Crippen LogP) is 2.44. The number of carbonyl (C=O) groups excluding carboxylic acids is 1. The molecule has 17 heavy (non-hydrogen) atoms. The summed E-state index contributed by atoms with van der Waals surface area (Å²) in [6.07, 6.45) is 1.83. The van der Waals surface area contributed by atoms with Gasteiger partial charge in [0.25, 0.3) is 0 Å². The maximum Gasteiger partial charge on any atom is 0.226 e. The van der Waals surface area contributed by atoms with Crippen LogP contribution in [0.5, 0.6) is 0 Å². The van der Waals surface area contributed by atoms with Crippen LogP contribution >= 0.6 is 11.6 Å². The quantitative estimate of drug-likeness (QED) is 0.815. The summed E-state index contributed by atoms with van der Waals surface area (Å²) in [7, 11) is 0. The summed E-state index contributed by atoms with van der Waals surface area (Å²) in [5.74, 6) is -0.151. The SMILES string of the molecule is CC(C)(C)C(N)CC(=O)Nc1cccnc1Cl. The van der Waals surface area contributed by atoms with E-state index in [1.165, 1.54) is 0 Å². The van der Waals surface area contributed by atoms with Crippen LogP contribution in [0.3, 0.4) is 0 Å². The molecule has 3 N–H and O–H groups in total. The second kappa shape index (κ2) is 5.47. The Labute approximate surface area is 107 Å². The smallest absolute Gasteiger partial charge is 0.226 e. The molecule has 1 aromatic rings. The van der Waals surface area contributed by atoms with Gasteiger partial charge in [-0.25, -0.2) is 4.98 Å². The van der Waals surface area contributed by atoms with E-state index in [1.807, 2.05) is 20.8 Å². The Balaban J connectivity index is 2.60. The van der Waals surface area contributed by atoms with Crippen molar-refractivity contribution in [2.75, 3.05) is 5.32 Å². The van der Waals surface area contributed by atoms with E-state index in [0.29, 0.717) is 5.69 Å². The summed E-state index contributed by atoms with van der Waals surface area (Å²) in [6.45, 7) is 6.01. The molecule has 1 atom stereocenters. The third-order valence-corrected chi connectivity index (χ3v) is 2.85. The molecule has 0 aromatic carbocycles. The van der Waals surface area contributed by atoms with Crippen molar-refractivity contribution < 1.29 is 4.79 Å². The van der Waals surface area contributed by atoms with Gasteiger partial charge in [-0.3, -0.25) is 4.79 Å². The van der Waals surface area contributed by atoms with Crippen LogP contribution in [0.1, 0.15) is 27.2 Å². The van der Waals surface area contributed by atoms with E-state index >= 15 is 0 Å². The predicted molar refractivity (Wildman–Crippen MR) is 69.9 cm³/mol. The first kappa shape index (κ1) is 13.9. The Bertz CT molecular complexity index is 401. The second-order valence-electron chi connectivity index (χ2n) is 5.07. The molecule has 0 aliphatic heterocycles. The van der Waals surface area contributed by atoms with Crippen molar-refractivity contribution >= 4 is 23.2 Å². The summed E-state index contributed by atoms with van der Waals surface area (Å²) in [6, 6.07) is 3.22. The summed E-state index contributed by atoms with van der Waals surface area (Å²) < 4.78 is 0. The molecule has 1 amide bonds. The van der Waals surface area contributed by atoms with Gasteiger partial charge in [-0.15, -0.1) is 0 Å². The van der Waals surface area contributed by atoms with Gasteiger partial charge >= 0.3 is 0 Å². The Morgan fingerprint density at radius 1 is 1.59 bits per heavy atom. The van der Waals surface area contributed by atoms with E-state index in [2.05, 4.69) is 10.3 Å². The second-order valence-corrected chi connectivity index (χ2v) is 5.42. The first-order valence-electron chi connectivity index (χ1n) is 5.46. The van der Waals surface area contributed by atoms with Crippen molar-refractivity contribution in [2.24, 2.45) is 11.1 Å². The third-order valence-electron chi connectivity index (χ3n) is 2.55. The van der Waals surface area contributed by atoms with Gasteiger partial charge in [0, 0.05) is 18.7 Å². The maximum atomic E-state index is 11.7. The van der Waals surface area contributed by atoms with E-state index < -0.39 is 0 Å². The number of nitrogens with one attached hydrogen (secondary N) is 1. The number of halogens is 1. The summed E-state index contributed by atoms with van der Waals surface area (Å²) >= 11 is 5.84. The van der Waals surface area contributed by atoms with Crippen LogP contribution in [-0.4, -0.2) is 16.9 Å². The number of pyridine rings is 1. The van der Waals surface area contributed by atoms with Crippen molar-refractivity contribution in [2.45, 2.75) is 33.2 Å². The number of nitrogens with two attached hydrogens (primary N) is 1. The molecule has 5 heteroatoms. The monoisotopic (exact) mass is 255 g/mol. The zero-order valence-corrected chi connectivity index (χ0v) is 11.1. The van der Waals surface area contributed by atoms with Crippen molar-refractivity contribution in [3.63, 3.8) is 0 Å². The van der Waals surface area contributed by atoms with E-state index in [0.717, 1.165) is 0 Å². The molecule has 4 nitrogen and oxygen atoms in total. The number of hydrogen-bond acceptors (Lipinski definition) is 3. The standard InChI is InChI=1S/C12H18ClN3O/c1-12(2,3)9(14)7-10(17)16-8-5-4-6-15-11(8)13/h4-6,9H,7,14H2,1-3H3,(H,16,17). The molecule has 1 aromatic heterocycles. The van der Waals surface area contributed by atoms with E-state index in [-0.39, 0.29) is 28.9 Å². The molecule has 0 aliphatic carbocycles. The number of carbonyl (C=O) groups is 1. The van der Waals surface area contributed by atoms with Crippen molar-refractivity contribution in [3.05, 3.63) is 23.5 Å². The van der Waals surface area contributed by atoms with Gasteiger partial charge in [0.15, 0.2) is 5.15 Å². The molecule has 1 heterocycles. The maximum absolute atomic E-state index is 11.7. The fourth-order valence-corrected chi connectivity index (χ4v) is 1.35. The van der Waals surface area contributed by atoms with Gasteiger partial charge in [0.2, 0.25) is 5.91 Å².